The van der Waals surface area contributed by atoms with Gasteiger partial charge >= 0.3 is 5.97 Å². The lowest BCUT2D eigenvalue weighted by Crippen LogP contribution is -2.14. The van der Waals surface area contributed by atoms with Gasteiger partial charge in [-0.3, -0.25) is 0 Å². The van der Waals surface area contributed by atoms with E-state index in [0.717, 1.165) is 24.0 Å². The first kappa shape index (κ1) is 20.9. The third-order valence-electron chi connectivity index (χ3n) is 5.85. The van der Waals surface area contributed by atoms with Crippen molar-refractivity contribution in [2.45, 2.75) is 51.9 Å². The van der Waals surface area contributed by atoms with E-state index in [1.807, 2.05) is 18.2 Å². The zero-order chi connectivity index (χ0) is 20.5. The Kier molecular flexibility index (Phi) is 7.69. The minimum atomic E-state index is -0.427. The first-order valence-electron chi connectivity index (χ1n) is 10.6. The first-order chi connectivity index (χ1) is 14.2. The molecule has 0 aliphatic heterocycles. The maximum atomic E-state index is 12.2. The van der Waals surface area contributed by atoms with Crippen LogP contribution in [0.2, 0.25) is 0 Å². The second kappa shape index (κ2) is 10.7. The van der Waals surface area contributed by atoms with Gasteiger partial charge in [-0.15, -0.1) is 0 Å². The van der Waals surface area contributed by atoms with Crippen molar-refractivity contribution >= 4 is 5.97 Å². The molecule has 1 aliphatic carbocycles. The van der Waals surface area contributed by atoms with Crippen LogP contribution in [0.5, 0.6) is 11.5 Å². The van der Waals surface area contributed by atoms with E-state index in [9.17, 15) is 4.79 Å². The Balaban J connectivity index is 1.39. The molecule has 0 heterocycles. The first-order valence-corrected chi connectivity index (χ1v) is 10.6. The molecule has 0 aromatic heterocycles. The maximum Gasteiger partial charge on any atom is 0.343 e. The summed E-state index contributed by atoms with van der Waals surface area (Å²) in [5, 5.41) is 8.81. The molecule has 0 radical (unpaired) electrons. The molecule has 0 N–H and O–H groups in total. The molecule has 0 unspecified atom stereocenters. The second-order valence-electron chi connectivity index (χ2n) is 7.84. The van der Waals surface area contributed by atoms with Crippen molar-refractivity contribution in [1.29, 1.82) is 5.26 Å². The average molecular weight is 392 g/mol. The van der Waals surface area contributed by atoms with Crippen LogP contribution in [0.1, 0.15) is 67.8 Å². The summed E-state index contributed by atoms with van der Waals surface area (Å²) in [5.74, 6) is 2.58. The summed E-state index contributed by atoms with van der Waals surface area (Å²) >= 11 is 0. The van der Waals surface area contributed by atoms with E-state index < -0.39 is 5.97 Å². The van der Waals surface area contributed by atoms with Gasteiger partial charge in [0.1, 0.15) is 11.5 Å². The third kappa shape index (κ3) is 6.35. The fourth-order valence-corrected chi connectivity index (χ4v) is 3.94. The molecule has 4 nitrogen and oxygen atoms in total. The van der Waals surface area contributed by atoms with Crippen LogP contribution in [0.15, 0.2) is 48.5 Å². The van der Waals surface area contributed by atoms with Gasteiger partial charge in [-0.2, -0.15) is 5.26 Å². The van der Waals surface area contributed by atoms with Crippen molar-refractivity contribution < 1.29 is 14.3 Å². The summed E-state index contributed by atoms with van der Waals surface area (Å²) in [6.07, 6.45) is 9.16. The topological polar surface area (TPSA) is 59.3 Å². The molecule has 152 valence electrons. The van der Waals surface area contributed by atoms with E-state index in [4.69, 9.17) is 14.7 Å². The van der Waals surface area contributed by atoms with Crippen molar-refractivity contribution in [1.82, 2.24) is 0 Å². The highest BCUT2D eigenvalue weighted by Crippen LogP contribution is 2.33. The quantitative estimate of drug-likeness (QED) is 0.307. The summed E-state index contributed by atoms with van der Waals surface area (Å²) in [7, 11) is 0. The van der Waals surface area contributed by atoms with Crippen molar-refractivity contribution in [3.63, 3.8) is 0 Å². The predicted octanol–water partition coefficient (Wildman–Crippen LogP) is 6.15. The van der Waals surface area contributed by atoms with Gasteiger partial charge in [0, 0.05) is 0 Å². The van der Waals surface area contributed by atoms with Crippen LogP contribution in [0.25, 0.3) is 0 Å². The summed E-state index contributed by atoms with van der Waals surface area (Å²) in [6.45, 7) is 3.01. The van der Waals surface area contributed by atoms with Crippen LogP contribution < -0.4 is 9.47 Å². The number of carbonyl (C=O) groups is 1. The standard InChI is InChI=1S/C25H29NO3/c1-2-19-5-7-20(8-6-19)4-3-17-28-23-15-11-22(12-16-23)25(27)29-24-13-9-21(18-26)10-14-24/h9-16,19-20H,2-8,17H2,1H3. The summed E-state index contributed by atoms with van der Waals surface area (Å²) in [6, 6.07) is 15.5. The van der Waals surface area contributed by atoms with Crippen LogP contribution in [-0.2, 0) is 0 Å². The summed E-state index contributed by atoms with van der Waals surface area (Å²) in [5.41, 5.74) is 0.995. The van der Waals surface area contributed by atoms with E-state index in [1.54, 1.807) is 36.4 Å². The van der Waals surface area contributed by atoms with Crippen LogP contribution >= 0.6 is 0 Å². The molecule has 0 atom stereocenters. The zero-order valence-corrected chi connectivity index (χ0v) is 17.1. The van der Waals surface area contributed by atoms with Crippen LogP contribution in [-0.4, -0.2) is 12.6 Å². The normalized spacial score (nSPS) is 18.6. The Labute approximate surface area is 173 Å². The number of esters is 1. The number of nitriles is 1. The van der Waals surface area contributed by atoms with Gasteiger partial charge in [0.25, 0.3) is 0 Å². The van der Waals surface area contributed by atoms with Crippen molar-refractivity contribution in [2.24, 2.45) is 11.8 Å². The van der Waals surface area contributed by atoms with E-state index in [1.165, 1.54) is 38.5 Å². The highest BCUT2D eigenvalue weighted by molar-refractivity contribution is 5.91. The fourth-order valence-electron chi connectivity index (χ4n) is 3.94. The minimum Gasteiger partial charge on any atom is -0.494 e. The molecule has 2 aromatic carbocycles. The Hall–Kier alpha value is -2.80. The highest BCUT2D eigenvalue weighted by Gasteiger charge is 2.19. The zero-order valence-electron chi connectivity index (χ0n) is 17.1. The molecular weight excluding hydrogens is 362 g/mol. The smallest absolute Gasteiger partial charge is 0.343 e. The molecule has 2 aromatic rings. The van der Waals surface area contributed by atoms with Crippen molar-refractivity contribution in [2.75, 3.05) is 6.61 Å². The predicted molar refractivity (Wildman–Crippen MR) is 113 cm³/mol. The number of hydrogen-bond acceptors (Lipinski definition) is 4. The Bertz CT molecular complexity index is 813. The van der Waals surface area contributed by atoms with Gasteiger partial charge in [0.15, 0.2) is 0 Å². The van der Waals surface area contributed by atoms with Crippen molar-refractivity contribution in [3.8, 4) is 17.6 Å². The summed E-state index contributed by atoms with van der Waals surface area (Å²) in [4.78, 5) is 12.2. The lowest BCUT2D eigenvalue weighted by atomic mass is 9.79. The molecule has 0 amide bonds. The van der Waals surface area contributed by atoms with E-state index in [2.05, 4.69) is 6.92 Å². The van der Waals surface area contributed by atoms with Gasteiger partial charge in [-0.05, 0) is 73.2 Å². The Morgan fingerprint density at radius 1 is 0.966 bits per heavy atom. The van der Waals surface area contributed by atoms with Crippen LogP contribution in [0, 0.1) is 23.2 Å². The minimum absolute atomic E-state index is 0.419. The second-order valence-corrected chi connectivity index (χ2v) is 7.84. The van der Waals surface area contributed by atoms with Crippen LogP contribution in [0.3, 0.4) is 0 Å². The van der Waals surface area contributed by atoms with Gasteiger partial charge in [-0.1, -0.05) is 39.0 Å². The number of carbonyl (C=O) groups excluding carboxylic acids is 1. The number of nitrogens with zero attached hydrogens (tertiary/aromatic N) is 1. The molecule has 1 aliphatic rings. The van der Waals surface area contributed by atoms with Gasteiger partial charge in [-0.25, -0.2) is 4.79 Å². The molecule has 3 rings (SSSR count). The Morgan fingerprint density at radius 3 is 2.21 bits per heavy atom. The van der Waals surface area contributed by atoms with Gasteiger partial charge < -0.3 is 9.47 Å². The van der Waals surface area contributed by atoms with E-state index >= 15 is 0 Å². The molecule has 0 spiro atoms. The Morgan fingerprint density at radius 2 is 1.59 bits per heavy atom. The average Bonchev–Trinajstić information content (AvgIpc) is 2.78. The molecular formula is C25H29NO3. The molecule has 0 saturated heterocycles. The molecule has 1 saturated carbocycles. The monoisotopic (exact) mass is 391 g/mol. The van der Waals surface area contributed by atoms with Gasteiger partial charge in [0.2, 0.25) is 0 Å². The molecule has 1 fully saturated rings. The number of hydrogen-bond donors (Lipinski definition) is 0. The van der Waals surface area contributed by atoms with Crippen LogP contribution in [0.4, 0.5) is 0 Å². The van der Waals surface area contributed by atoms with E-state index in [0.29, 0.717) is 23.5 Å². The SMILES string of the molecule is CCC1CCC(CCCOc2ccc(C(=O)Oc3ccc(C#N)cc3)cc2)CC1. The fraction of sp³-hybridized carbons (Fsp3) is 0.440. The molecule has 4 heteroatoms. The summed E-state index contributed by atoms with van der Waals surface area (Å²) < 4.78 is 11.2. The number of ether oxygens (including phenoxy) is 2. The number of benzene rings is 2. The maximum absolute atomic E-state index is 12.2. The molecule has 29 heavy (non-hydrogen) atoms. The lowest BCUT2D eigenvalue weighted by molar-refractivity contribution is 0.0734. The highest BCUT2D eigenvalue weighted by atomic mass is 16.5. The lowest BCUT2D eigenvalue weighted by Gasteiger charge is -2.27. The van der Waals surface area contributed by atoms with Gasteiger partial charge in [0.05, 0.1) is 23.8 Å². The van der Waals surface area contributed by atoms with Crippen molar-refractivity contribution in [3.05, 3.63) is 59.7 Å². The third-order valence-corrected chi connectivity index (χ3v) is 5.85. The van der Waals surface area contributed by atoms with E-state index in [-0.39, 0.29) is 0 Å². The molecule has 0 bridgehead atoms. The largest absolute Gasteiger partial charge is 0.494 e. The number of rotatable bonds is 8.